The van der Waals surface area contributed by atoms with E-state index in [2.05, 4.69) is 17.6 Å². The molecule has 0 aromatic rings. The van der Waals surface area contributed by atoms with Gasteiger partial charge in [0, 0.05) is 7.05 Å². The van der Waals surface area contributed by atoms with Gasteiger partial charge < -0.3 is 16.4 Å². The molecule has 0 aliphatic rings. The molecular weight excluding hydrogens is 230 g/mol. The van der Waals surface area contributed by atoms with Gasteiger partial charge in [0.2, 0.25) is 11.8 Å². The number of carbonyl (C=O) groups excluding carboxylic acids is 2. The van der Waals surface area contributed by atoms with Crippen LogP contribution in [0.15, 0.2) is 0 Å². The minimum Gasteiger partial charge on any atom is -0.357 e. The van der Waals surface area contributed by atoms with Crippen molar-refractivity contribution in [3.8, 4) is 0 Å². The Kier molecular flexibility index (Phi) is 8.37. The maximum atomic E-state index is 11.8. The van der Waals surface area contributed by atoms with Gasteiger partial charge in [-0.2, -0.15) is 0 Å². The van der Waals surface area contributed by atoms with Crippen molar-refractivity contribution in [1.82, 2.24) is 10.6 Å². The van der Waals surface area contributed by atoms with Crippen LogP contribution in [0.4, 0.5) is 0 Å². The van der Waals surface area contributed by atoms with E-state index in [-0.39, 0.29) is 11.8 Å². The summed E-state index contributed by atoms with van der Waals surface area (Å²) < 4.78 is 0. The van der Waals surface area contributed by atoms with Gasteiger partial charge in [0.15, 0.2) is 0 Å². The Hall–Kier alpha value is -1.10. The zero-order chi connectivity index (χ0) is 14.1. The molecule has 0 saturated carbocycles. The first-order chi connectivity index (χ1) is 8.42. The fourth-order valence-corrected chi connectivity index (χ4v) is 1.71. The van der Waals surface area contributed by atoms with Crippen molar-refractivity contribution in [3.05, 3.63) is 0 Å². The molecule has 0 saturated heterocycles. The lowest BCUT2D eigenvalue weighted by Gasteiger charge is -2.21. The molecule has 5 heteroatoms. The van der Waals surface area contributed by atoms with Crippen LogP contribution in [0, 0.1) is 5.92 Å². The highest BCUT2D eigenvalue weighted by Crippen LogP contribution is 2.06. The van der Waals surface area contributed by atoms with Crippen molar-refractivity contribution in [1.29, 1.82) is 0 Å². The van der Waals surface area contributed by atoms with Gasteiger partial charge in [0.05, 0.1) is 6.04 Å². The molecular formula is C13H27N3O2. The molecule has 4 N–H and O–H groups in total. The summed E-state index contributed by atoms with van der Waals surface area (Å²) in [6.07, 6.45) is 3.20. The summed E-state index contributed by atoms with van der Waals surface area (Å²) in [5.74, 6) is -0.0723. The van der Waals surface area contributed by atoms with Gasteiger partial charge in [0.1, 0.15) is 6.04 Å². The quantitative estimate of drug-likeness (QED) is 0.601. The zero-order valence-electron chi connectivity index (χ0n) is 12.0. The highest BCUT2D eigenvalue weighted by molar-refractivity contribution is 5.89. The third-order valence-electron chi connectivity index (χ3n) is 2.79. The number of nitrogens with two attached hydrogens (primary N) is 1. The maximum Gasteiger partial charge on any atom is 0.242 e. The first kappa shape index (κ1) is 16.9. The summed E-state index contributed by atoms with van der Waals surface area (Å²) in [6, 6.07) is -1.01. The molecule has 0 aliphatic heterocycles. The lowest BCUT2D eigenvalue weighted by molar-refractivity contribution is -0.129. The molecule has 0 bridgehead atoms. The number of nitrogens with one attached hydrogen (secondary N) is 2. The van der Waals surface area contributed by atoms with Crippen LogP contribution in [-0.4, -0.2) is 30.9 Å². The van der Waals surface area contributed by atoms with Gasteiger partial charge in [0.25, 0.3) is 0 Å². The summed E-state index contributed by atoms with van der Waals surface area (Å²) in [5, 5.41) is 5.30. The van der Waals surface area contributed by atoms with Crippen LogP contribution in [0.3, 0.4) is 0 Å². The highest BCUT2D eigenvalue weighted by Gasteiger charge is 2.23. The summed E-state index contributed by atoms with van der Waals surface area (Å²) in [4.78, 5) is 23.5. The van der Waals surface area contributed by atoms with E-state index in [1.165, 1.54) is 0 Å². The lowest BCUT2D eigenvalue weighted by atomic mass is 10.0. The second-order valence-electron chi connectivity index (χ2n) is 5.05. The van der Waals surface area contributed by atoms with Crippen molar-refractivity contribution in [2.24, 2.45) is 11.7 Å². The molecule has 2 amide bonds. The van der Waals surface area contributed by atoms with Crippen LogP contribution in [0.5, 0.6) is 0 Å². The molecule has 2 atom stereocenters. The van der Waals surface area contributed by atoms with Crippen molar-refractivity contribution >= 4 is 11.8 Å². The molecule has 106 valence electrons. The second-order valence-corrected chi connectivity index (χ2v) is 5.05. The molecule has 0 aliphatic carbocycles. The van der Waals surface area contributed by atoms with E-state index in [1.807, 2.05) is 13.8 Å². The molecule has 0 spiro atoms. The molecule has 0 aromatic heterocycles. The summed E-state index contributed by atoms with van der Waals surface area (Å²) >= 11 is 0. The number of unbranched alkanes of at least 4 members (excludes halogenated alkanes) is 1. The maximum absolute atomic E-state index is 11.8. The normalized spacial score (nSPS) is 14.1. The summed E-state index contributed by atoms with van der Waals surface area (Å²) in [6.45, 7) is 6.08. The van der Waals surface area contributed by atoms with Crippen LogP contribution in [-0.2, 0) is 9.59 Å². The van der Waals surface area contributed by atoms with Crippen LogP contribution in [0.1, 0.15) is 46.5 Å². The Bertz CT molecular complexity index is 267. The monoisotopic (exact) mass is 257 g/mol. The number of hydrogen-bond acceptors (Lipinski definition) is 3. The molecule has 5 nitrogen and oxygen atoms in total. The number of carbonyl (C=O) groups is 2. The number of amides is 2. The number of rotatable bonds is 8. The van der Waals surface area contributed by atoms with Crippen LogP contribution in [0.25, 0.3) is 0 Å². The van der Waals surface area contributed by atoms with Crippen LogP contribution >= 0.6 is 0 Å². The Morgan fingerprint density at radius 1 is 1.22 bits per heavy atom. The van der Waals surface area contributed by atoms with Gasteiger partial charge in [-0.25, -0.2) is 0 Å². The van der Waals surface area contributed by atoms with E-state index >= 15 is 0 Å². The molecule has 0 heterocycles. The van der Waals surface area contributed by atoms with E-state index in [1.54, 1.807) is 7.05 Å². The predicted octanol–water partition coefficient (Wildman–Crippen LogP) is 0.781. The van der Waals surface area contributed by atoms with Crippen molar-refractivity contribution in [3.63, 3.8) is 0 Å². The van der Waals surface area contributed by atoms with E-state index in [4.69, 9.17) is 5.73 Å². The van der Waals surface area contributed by atoms with E-state index in [0.29, 0.717) is 18.8 Å². The van der Waals surface area contributed by atoms with E-state index < -0.39 is 12.1 Å². The van der Waals surface area contributed by atoms with Gasteiger partial charge in [-0.05, 0) is 18.8 Å². The molecule has 0 fully saturated rings. The van der Waals surface area contributed by atoms with Gasteiger partial charge in [-0.15, -0.1) is 0 Å². The zero-order valence-corrected chi connectivity index (χ0v) is 12.0. The van der Waals surface area contributed by atoms with Gasteiger partial charge in [-0.1, -0.05) is 33.6 Å². The summed E-state index contributed by atoms with van der Waals surface area (Å²) in [7, 11) is 1.57. The molecule has 18 heavy (non-hydrogen) atoms. The Morgan fingerprint density at radius 3 is 2.28 bits per heavy atom. The average molecular weight is 257 g/mol. The third-order valence-corrected chi connectivity index (χ3v) is 2.79. The van der Waals surface area contributed by atoms with E-state index in [9.17, 15) is 9.59 Å². The first-order valence-electron chi connectivity index (χ1n) is 6.69. The summed E-state index contributed by atoms with van der Waals surface area (Å²) in [5.41, 5.74) is 5.78. The van der Waals surface area contributed by atoms with Crippen LogP contribution in [0.2, 0.25) is 0 Å². The minimum absolute atomic E-state index is 0.167. The molecule has 0 aromatic carbocycles. The van der Waals surface area contributed by atoms with Crippen molar-refractivity contribution < 1.29 is 9.59 Å². The average Bonchev–Trinajstić information content (AvgIpc) is 2.33. The van der Waals surface area contributed by atoms with Gasteiger partial charge >= 0.3 is 0 Å². The lowest BCUT2D eigenvalue weighted by Crippen LogP contribution is -2.51. The fraction of sp³-hybridized carbons (Fsp3) is 0.846. The smallest absolute Gasteiger partial charge is 0.242 e. The molecule has 0 radical (unpaired) electrons. The Labute approximate surface area is 110 Å². The standard InChI is InChI=1S/C13H27N3O2/c1-5-6-7-10(14)12(17)16-11(8-9(2)3)13(18)15-4/h9-11H,5-8,14H2,1-4H3,(H,15,18)(H,16,17)/t10-,11?/m0/s1. The Morgan fingerprint density at radius 2 is 1.83 bits per heavy atom. The second kappa shape index (κ2) is 8.91. The van der Waals surface area contributed by atoms with Crippen molar-refractivity contribution in [2.75, 3.05) is 7.05 Å². The number of hydrogen-bond donors (Lipinski definition) is 3. The minimum atomic E-state index is -0.524. The fourth-order valence-electron chi connectivity index (χ4n) is 1.71. The molecule has 0 rings (SSSR count). The van der Waals surface area contributed by atoms with E-state index in [0.717, 1.165) is 12.8 Å². The third kappa shape index (κ3) is 6.59. The molecule has 1 unspecified atom stereocenters. The topological polar surface area (TPSA) is 84.2 Å². The Balaban J connectivity index is 4.38. The highest BCUT2D eigenvalue weighted by atomic mass is 16.2. The largest absolute Gasteiger partial charge is 0.357 e. The SMILES string of the molecule is CCCC[C@H](N)C(=O)NC(CC(C)C)C(=O)NC. The van der Waals surface area contributed by atoms with Crippen LogP contribution < -0.4 is 16.4 Å². The number of likely N-dealkylation sites (N-methyl/N-ethyl adjacent to an activating group) is 1. The predicted molar refractivity (Wildman–Crippen MR) is 73.0 cm³/mol. The van der Waals surface area contributed by atoms with Gasteiger partial charge in [-0.3, -0.25) is 9.59 Å². The van der Waals surface area contributed by atoms with Crippen molar-refractivity contribution in [2.45, 2.75) is 58.5 Å². The first-order valence-corrected chi connectivity index (χ1v) is 6.69.